The number of ether oxygens (including phenoxy) is 1. The Morgan fingerprint density at radius 1 is 0.952 bits per heavy atom. The van der Waals surface area contributed by atoms with Crippen molar-refractivity contribution in [3.8, 4) is 0 Å². The maximum atomic E-state index is 12.1. The van der Waals surface area contributed by atoms with Crippen molar-refractivity contribution in [2.45, 2.75) is 25.9 Å². The van der Waals surface area contributed by atoms with Gasteiger partial charge in [0.25, 0.3) is 0 Å². The van der Waals surface area contributed by atoms with E-state index in [-0.39, 0.29) is 5.97 Å². The summed E-state index contributed by atoms with van der Waals surface area (Å²) in [6.07, 6.45) is 3.25. The SMILES string of the molecule is O=C(OCc1ccccc1)c1cccc(CCCCBr)c1. The van der Waals surface area contributed by atoms with Crippen molar-refractivity contribution >= 4 is 21.9 Å². The van der Waals surface area contributed by atoms with Crippen LogP contribution in [-0.2, 0) is 17.8 Å². The molecule has 0 saturated heterocycles. The van der Waals surface area contributed by atoms with Crippen molar-refractivity contribution in [2.75, 3.05) is 5.33 Å². The topological polar surface area (TPSA) is 26.3 Å². The standard InChI is InChI=1S/C18H19BrO2/c19-12-5-4-7-15-10-6-11-17(13-15)18(20)21-14-16-8-2-1-3-9-16/h1-3,6,8-11,13H,4-5,7,12,14H2. The summed E-state index contributed by atoms with van der Waals surface area (Å²) in [5.74, 6) is -0.263. The van der Waals surface area contributed by atoms with Crippen LogP contribution in [0, 0.1) is 0 Å². The number of halogens is 1. The Morgan fingerprint density at radius 3 is 2.48 bits per heavy atom. The number of alkyl halides is 1. The van der Waals surface area contributed by atoms with Crippen LogP contribution in [0.1, 0.15) is 34.3 Å². The quantitative estimate of drug-likeness (QED) is 0.410. The number of rotatable bonds is 7. The molecule has 2 nitrogen and oxygen atoms in total. The second-order valence-corrected chi connectivity index (χ2v) is 5.70. The highest BCUT2D eigenvalue weighted by atomic mass is 79.9. The summed E-state index contributed by atoms with van der Waals surface area (Å²) in [4.78, 5) is 12.1. The van der Waals surface area contributed by atoms with Gasteiger partial charge in [0.2, 0.25) is 0 Å². The largest absolute Gasteiger partial charge is 0.457 e. The fourth-order valence-corrected chi connectivity index (χ4v) is 2.48. The molecule has 2 aromatic carbocycles. The smallest absolute Gasteiger partial charge is 0.338 e. The zero-order valence-electron chi connectivity index (χ0n) is 11.9. The first-order chi connectivity index (χ1) is 10.3. The summed E-state index contributed by atoms with van der Waals surface area (Å²) >= 11 is 3.43. The number of unbranched alkanes of at least 4 members (excludes halogenated alkanes) is 1. The van der Waals surface area contributed by atoms with Gasteiger partial charge in [-0.05, 0) is 42.5 Å². The Hall–Kier alpha value is -1.61. The predicted octanol–water partition coefficient (Wildman–Crippen LogP) is 4.76. The van der Waals surface area contributed by atoms with E-state index in [4.69, 9.17) is 4.74 Å². The van der Waals surface area contributed by atoms with E-state index in [1.807, 2.05) is 42.5 Å². The lowest BCUT2D eigenvalue weighted by molar-refractivity contribution is 0.0472. The number of aryl methyl sites for hydroxylation is 1. The van der Waals surface area contributed by atoms with E-state index in [9.17, 15) is 4.79 Å². The summed E-state index contributed by atoms with van der Waals surface area (Å²) in [6, 6.07) is 17.4. The lowest BCUT2D eigenvalue weighted by Crippen LogP contribution is -2.05. The Kier molecular flexibility index (Phi) is 6.48. The van der Waals surface area contributed by atoms with Gasteiger partial charge in [-0.25, -0.2) is 4.79 Å². The number of carbonyl (C=O) groups is 1. The number of carbonyl (C=O) groups excluding carboxylic acids is 1. The zero-order valence-corrected chi connectivity index (χ0v) is 13.5. The Balaban J connectivity index is 1.91. The van der Waals surface area contributed by atoms with Crippen LogP contribution >= 0.6 is 15.9 Å². The Bertz CT molecular complexity index is 566. The van der Waals surface area contributed by atoms with Crippen molar-refractivity contribution in [1.29, 1.82) is 0 Å². The molecule has 0 spiro atoms. The molecule has 0 aromatic heterocycles. The first-order valence-electron chi connectivity index (χ1n) is 7.15. The molecule has 0 aliphatic carbocycles. The third-order valence-electron chi connectivity index (χ3n) is 3.22. The molecule has 0 fully saturated rings. The molecule has 0 aliphatic rings. The minimum atomic E-state index is -0.263. The zero-order chi connectivity index (χ0) is 14.9. The van der Waals surface area contributed by atoms with Crippen LogP contribution in [0.5, 0.6) is 0 Å². The average molecular weight is 347 g/mol. The third kappa shape index (κ3) is 5.35. The highest BCUT2D eigenvalue weighted by Gasteiger charge is 2.08. The molecule has 0 saturated carbocycles. The predicted molar refractivity (Wildman–Crippen MR) is 88.7 cm³/mol. The van der Waals surface area contributed by atoms with Crippen LogP contribution in [0.3, 0.4) is 0 Å². The molecule has 2 rings (SSSR count). The molecule has 0 unspecified atom stereocenters. The molecule has 3 heteroatoms. The summed E-state index contributed by atoms with van der Waals surface area (Å²) in [7, 11) is 0. The van der Waals surface area contributed by atoms with Crippen LogP contribution in [-0.4, -0.2) is 11.3 Å². The molecular weight excluding hydrogens is 328 g/mol. The second kappa shape index (κ2) is 8.63. The Morgan fingerprint density at radius 2 is 1.71 bits per heavy atom. The fraction of sp³-hybridized carbons (Fsp3) is 0.278. The first-order valence-corrected chi connectivity index (χ1v) is 8.27. The van der Waals surface area contributed by atoms with Gasteiger partial charge in [-0.2, -0.15) is 0 Å². The Labute approximate surface area is 134 Å². The summed E-state index contributed by atoms with van der Waals surface area (Å²) in [6.45, 7) is 0.313. The molecule has 0 radical (unpaired) electrons. The molecule has 110 valence electrons. The maximum Gasteiger partial charge on any atom is 0.338 e. The van der Waals surface area contributed by atoms with E-state index in [1.165, 1.54) is 5.56 Å². The van der Waals surface area contributed by atoms with E-state index in [0.29, 0.717) is 12.2 Å². The third-order valence-corrected chi connectivity index (χ3v) is 3.79. The van der Waals surface area contributed by atoms with Gasteiger partial charge < -0.3 is 4.74 Å². The number of benzene rings is 2. The average Bonchev–Trinajstić information content (AvgIpc) is 2.54. The minimum Gasteiger partial charge on any atom is -0.457 e. The van der Waals surface area contributed by atoms with E-state index in [1.54, 1.807) is 6.07 Å². The normalized spacial score (nSPS) is 10.3. The van der Waals surface area contributed by atoms with Gasteiger partial charge in [0.05, 0.1) is 5.56 Å². The van der Waals surface area contributed by atoms with Gasteiger partial charge in [0.15, 0.2) is 0 Å². The number of hydrogen-bond acceptors (Lipinski definition) is 2. The van der Waals surface area contributed by atoms with Gasteiger partial charge in [-0.3, -0.25) is 0 Å². The molecule has 2 aromatic rings. The summed E-state index contributed by atoms with van der Waals surface area (Å²) in [5.41, 5.74) is 2.81. The van der Waals surface area contributed by atoms with Crippen LogP contribution in [0.4, 0.5) is 0 Å². The highest BCUT2D eigenvalue weighted by molar-refractivity contribution is 9.09. The molecule has 21 heavy (non-hydrogen) atoms. The van der Waals surface area contributed by atoms with E-state index < -0.39 is 0 Å². The van der Waals surface area contributed by atoms with Crippen LogP contribution in [0.25, 0.3) is 0 Å². The van der Waals surface area contributed by atoms with E-state index in [0.717, 1.165) is 30.2 Å². The van der Waals surface area contributed by atoms with Crippen molar-refractivity contribution in [2.24, 2.45) is 0 Å². The molecule has 0 heterocycles. The van der Waals surface area contributed by atoms with Gasteiger partial charge in [-0.15, -0.1) is 0 Å². The van der Waals surface area contributed by atoms with Gasteiger partial charge in [-0.1, -0.05) is 58.4 Å². The lowest BCUT2D eigenvalue weighted by atomic mass is 10.1. The summed E-state index contributed by atoms with van der Waals surface area (Å²) in [5, 5.41) is 1.02. The minimum absolute atomic E-state index is 0.263. The van der Waals surface area contributed by atoms with Gasteiger partial charge in [0, 0.05) is 5.33 Å². The summed E-state index contributed by atoms with van der Waals surface area (Å²) < 4.78 is 5.35. The van der Waals surface area contributed by atoms with Crippen molar-refractivity contribution < 1.29 is 9.53 Å². The number of esters is 1. The fourth-order valence-electron chi connectivity index (χ4n) is 2.08. The lowest BCUT2D eigenvalue weighted by Gasteiger charge is -2.07. The van der Waals surface area contributed by atoms with Crippen LogP contribution in [0.2, 0.25) is 0 Å². The molecular formula is C18H19BrO2. The van der Waals surface area contributed by atoms with Crippen molar-refractivity contribution in [3.05, 3.63) is 71.3 Å². The van der Waals surface area contributed by atoms with Crippen molar-refractivity contribution in [1.82, 2.24) is 0 Å². The molecule has 0 aliphatic heterocycles. The van der Waals surface area contributed by atoms with Crippen LogP contribution < -0.4 is 0 Å². The first kappa shape index (κ1) is 15.8. The maximum absolute atomic E-state index is 12.1. The van der Waals surface area contributed by atoms with Gasteiger partial charge in [0.1, 0.15) is 6.61 Å². The molecule has 0 bridgehead atoms. The molecule has 0 N–H and O–H groups in total. The van der Waals surface area contributed by atoms with E-state index >= 15 is 0 Å². The number of hydrogen-bond donors (Lipinski definition) is 0. The highest BCUT2D eigenvalue weighted by Crippen LogP contribution is 2.11. The van der Waals surface area contributed by atoms with E-state index in [2.05, 4.69) is 22.0 Å². The van der Waals surface area contributed by atoms with Crippen LogP contribution in [0.15, 0.2) is 54.6 Å². The second-order valence-electron chi connectivity index (χ2n) is 4.91. The molecule has 0 atom stereocenters. The van der Waals surface area contributed by atoms with Gasteiger partial charge >= 0.3 is 5.97 Å². The monoisotopic (exact) mass is 346 g/mol. The molecule has 0 amide bonds. The van der Waals surface area contributed by atoms with Crippen molar-refractivity contribution in [3.63, 3.8) is 0 Å².